The number of aryl methyl sites for hydroxylation is 1. The number of carboxylic acids is 1. The first kappa shape index (κ1) is 17.0. The molecule has 4 heteroatoms. The molecule has 0 aliphatic carbocycles. The molecule has 23 heavy (non-hydrogen) atoms. The van der Waals surface area contributed by atoms with Gasteiger partial charge in [0.25, 0.3) is 0 Å². The predicted octanol–water partition coefficient (Wildman–Crippen LogP) is 3.52. The number of hydrogen-bond donors (Lipinski definition) is 2. The van der Waals surface area contributed by atoms with E-state index in [-0.39, 0.29) is 13.0 Å². The number of carboxylic acid groups (broad SMARTS) is 1. The van der Waals surface area contributed by atoms with E-state index in [9.17, 15) is 4.79 Å². The van der Waals surface area contributed by atoms with Gasteiger partial charge in [-0.25, -0.2) is 0 Å². The zero-order valence-corrected chi connectivity index (χ0v) is 13.1. The van der Waals surface area contributed by atoms with E-state index in [1.165, 1.54) is 0 Å². The van der Waals surface area contributed by atoms with Gasteiger partial charge in [-0.1, -0.05) is 36.4 Å². The molecule has 0 heterocycles. The van der Waals surface area contributed by atoms with Gasteiger partial charge in [0.05, 0.1) is 6.61 Å². The predicted molar refractivity (Wildman–Crippen MR) is 89.6 cm³/mol. The Balaban J connectivity index is 2.20. The highest BCUT2D eigenvalue weighted by atomic mass is 16.5. The summed E-state index contributed by atoms with van der Waals surface area (Å²) in [6.07, 6.45) is 2.13. The molecule has 0 spiro atoms. The molecule has 2 aromatic rings. The number of rotatable bonds is 9. The summed E-state index contributed by atoms with van der Waals surface area (Å²) in [5, 5.41) is 17.7. The van der Waals surface area contributed by atoms with Crippen molar-refractivity contribution in [3.05, 3.63) is 54.1 Å². The van der Waals surface area contributed by atoms with Crippen molar-refractivity contribution >= 4 is 5.97 Å². The Kier molecular flexibility index (Phi) is 6.63. The molecule has 2 aromatic carbocycles. The van der Waals surface area contributed by atoms with Crippen LogP contribution >= 0.6 is 0 Å². The SMILES string of the molecule is O=C(O)CCc1ccc(OCCCCO)c(-c2ccccc2)c1. The fourth-order valence-corrected chi connectivity index (χ4v) is 2.35. The van der Waals surface area contributed by atoms with Crippen molar-refractivity contribution in [3.8, 4) is 16.9 Å². The minimum atomic E-state index is -0.796. The fourth-order valence-electron chi connectivity index (χ4n) is 2.35. The lowest BCUT2D eigenvalue weighted by Crippen LogP contribution is -2.01. The van der Waals surface area contributed by atoms with Gasteiger partial charge in [-0.15, -0.1) is 0 Å². The van der Waals surface area contributed by atoms with Crippen molar-refractivity contribution in [2.45, 2.75) is 25.7 Å². The van der Waals surface area contributed by atoms with Gasteiger partial charge < -0.3 is 14.9 Å². The summed E-state index contributed by atoms with van der Waals surface area (Å²) in [4.78, 5) is 10.8. The number of aliphatic hydroxyl groups excluding tert-OH is 1. The number of ether oxygens (including phenoxy) is 1. The Morgan fingerprint density at radius 2 is 1.83 bits per heavy atom. The maximum Gasteiger partial charge on any atom is 0.303 e. The minimum Gasteiger partial charge on any atom is -0.493 e. The molecule has 0 amide bonds. The van der Waals surface area contributed by atoms with Gasteiger partial charge in [0.2, 0.25) is 0 Å². The first-order valence-corrected chi connectivity index (χ1v) is 7.84. The number of hydrogen-bond acceptors (Lipinski definition) is 3. The molecule has 0 fully saturated rings. The lowest BCUT2D eigenvalue weighted by molar-refractivity contribution is -0.136. The summed E-state index contributed by atoms with van der Waals surface area (Å²) in [6.45, 7) is 0.720. The van der Waals surface area contributed by atoms with E-state index in [2.05, 4.69) is 0 Å². The van der Waals surface area contributed by atoms with Crippen LogP contribution in [0.1, 0.15) is 24.8 Å². The van der Waals surface area contributed by atoms with E-state index in [0.717, 1.165) is 35.3 Å². The van der Waals surface area contributed by atoms with E-state index in [0.29, 0.717) is 13.0 Å². The summed E-state index contributed by atoms with van der Waals surface area (Å²) in [6, 6.07) is 15.7. The van der Waals surface area contributed by atoms with Crippen molar-refractivity contribution in [1.29, 1.82) is 0 Å². The zero-order valence-electron chi connectivity index (χ0n) is 13.1. The van der Waals surface area contributed by atoms with Gasteiger partial charge >= 0.3 is 5.97 Å². The Hall–Kier alpha value is -2.33. The lowest BCUT2D eigenvalue weighted by Gasteiger charge is -2.13. The molecule has 4 nitrogen and oxygen atoms in total. The van der Waals surface area contributed by atoms with Crippen molar-refractivity contribution in [1.82, 2.24) is 0 Å². The topological polar surface area (TPSA) is 66.8 Å². The highest BCUT2D eigenvalue weighted by molar-refractivity contribution is 5.72. The molecule has 0 unspecified atom stereocenters. The van der Waals surface area contributed by atoms with E-state index >= 15 is 0 Å². The molecule has 0 atom stereocenters. The molecule has 0 saturated carbocycles. The van der Waals surface area contributed by atoms with Crippen LogP contribution in [-0.4, -0.2) is 29.4 Å². The second-order valence-electron chi connectivity index (χ2n) is 5.37. The van der Waals surface area contributed by atoms with E-state index in [4.69, 9.17) is 14.9 Å². The number of aliphatic carboxylic acids is 1. The summed E-state index contributed by atoms with van der Waals surface area (Å²) < 4.78 is 5.85. The number of aliphatic hydroxyl groups is 1. The Bertz CT molecular complexity index is 623. The van der Waals surface area contributed by atoms with Crippen LogP contribution in [0.15, 0.2) is 48.5 Å². The van der Waals surface area contributed by atoms with E-state index in [1.807, 2.05) is 48.5 Å². The maximum absolute atomic E-state index is 10.8. The zero-order chi connectivity index (χ0) is 16.5. The van der Waals surface area contributed by atoms with Crippen LogP contribution in [0.4, 0.5) is 0 Å². The number of unbranched alkanes of at least 4 members (excludes halogenated alkanes) is 1. The van der Waals surface area contributed by atoms with Gasteiger partial charge in [-0.3, -0.25) is 4.79 Å². The van der Waals surface area contributed by atoms with Crippen LogP contribution in [0.25, 0.3) is 11.1 Å². The first-order valence-electron chi connectivity index (χ1n) is 7.84. The highest BCUT2D eigenvalue weighted by Gasteiger charge is 2.09. The van der Waals surface area contributed by atoms with Crippen LogP contribution in [-0.2, 0) is 11.2 Å². The van der Waals surface area contributed by atoms with E-state index < -0.39 is 5.97 Å². The van der Waals surface area contributed by atoms with Crippen molar-refractivity contribution < 1.29 is 19.7 Å². The maximum atomic E-state index is 10.8. The monoisotopic (exact) mass is 314 g/mol. The Labute approximate surface area is 136 Å². The summed E-state index contributed by atoms with van der Waals surface area (Å²) in [5.41, 5.74) is 2.99. The Morgan fingerprint density at radius 1 is 1.04 bits per heavy atom. The summed E-state index contributed by atoms with van der Waals surface area (Å²) >= 11 is 0. The van der Waals surface area contributed by atoms with Crippen LogP contribution in [0.5, 0.6) is 5.75 Å². The first-order chi connectivity index (χ1) is 11.2. The molecular formula is C19H22O4. The van der Waals surface area contributed by atoms with Gasteiger partial charge in [-0.2, -0.15) is 0 Å². The summed E-state index contributed by atoms with van der Waals surface area (Å²) in [5.74, 6) is -0.0104. The molecule has 122 valence electrons. The van der Waals surface area contributed by atoms with Gasteiger partial charge in [0.1, 0.15) is 5.75 Å². The molecule has 2 rings (SSSR count). The molecule has 0 aliphatic rings. The van der Waals surface area contributed by atoms with Gasteiger partial charge in [0.15, 0.2) is 0 Å². The molecular weight excluding hydrogens is 292 g/mol. The van der Waals surface area contributed by atoms with Crippen LogP contribution in [0, 0.1) is 0 Å². The third-order valence-electron chi connectivity index (χ3n) is 3.57. The largest absolute Gasteiger partial charge is 0.493 e. The van der Waals surface area contributed by atoms with Gasteiger partial charge in [-0.05, 0) is 42.5 Å². The average Bonchev–Trinajstić information content (AvgIpc) is 2.58. The molecule has 0 radical (unpaired) electrons. The van der Waals surface area contributed by atoms with Crippen molar-refractivity contribution in [2.75, 3.05) is 13.2 Å². The number of benzene rings is 2. The Morgan fingerprint density at radius 3 is 2.52 bits per heavy atom. The van der Waals surface area contributed by atoms with Crippen LogP contribution < -0.4 is 4.74 Å². The van der Waals surface area contributed by atoms with Crippen molar-refractivity contribution in [2.24, 2.45) is 0 Å². The smallest absolute Gasteiger partial charge is 0.303 e. The number of carbonyl (C=O) groups is 1. The third-order valence-corrected chi connectivity index (χ3v) is 3.57. The quantitative estimate of drug-likeness (QED) is 0.695. The lowest BCUT2D eigenvalue weighted by atomic mass is 10.00. The second-order valence-corrected chi connectivity index (χ2v) is 5.37. The summed E-state index contributed by atoms with van der Waals surface area (Å²) in [7, 11) is 0. The standard InChI is InChI=1S/C19H22O4/c20-12-4-5-13-23-18-10-8-15(9-11-19(21)22)14-17(18)16-6-2-1-3-7-16/h1-3,6-8,10,14,20H,4-5,9,11-13H2,(H,21,22). The van der Waals surface area contributed by atoms with Crippen molar-refractivity contribution in [3.63, 3.8) is 0 Å². The third kappa shape index (κ3) is 5.42. The molecule has 0 saturated heterocycles. The van der Waals surface area contributed by atoms with E-state index in [1.54, 1.807) is 0 Å². The average molecular weight is 314 g/mol. The van der Waals surface area contributed by atoms with Crippen LogP contribution in [0.3, 0.4) is 0 Å². The molecule has 0 aliphatic heterocycles. The normalized spacial score (nSPS) is 10.5. The van der Waals surface area contributed by atoms with Crippen LogP contribution in [0.2, 0.25) is 0 Å². The second kappa shape index (κ2) is 8.96. The molecule has 0 aromatic heterocycles. The van der Waals surface area contributed by atoms with Gasteiger partial charge in [0, 0.05) is 18.6 Å². The molecule has 0 bridgehead atoms. The minimum absolute atomic E-state index is 0.116. The molecule has 2 N–H and O–H groups in total. The highest BCUT2D eigenvalue weighted by Crippen LogP contribution is 2.31. The fraction of sp³-hybridized carbons (Fsp3) is 0.316.